The van der Waals surface area contributed by atoms with Crippen molar-refractivity contribution in [2.75, 3.05) is 38.0 Å². The number of nitrogens with one attached hydrogen (secondary N) is 1. The topological polar surface area (TPSA) is 120 Å². The van der Waals surface area contributed by atoms with Gasteiger partial charge >= 0.3 is 12.1 Å². The van der Waals surface area contributed by atoms with Crippen LogP contribution >= 0.6 is 0 Å². The third-order valence-electron chi connectivity index (χ3n) is 8.23. The van der Waals surface area contributed by atoms with Gasteiger partial charge in [-0.05, 0) is 71.4 Å². The molecule has 4 heterocycles. The first-order chi connectivity index (χ1) is 20.4. The molecule has 2 aromatic rings. The predicted octanol–water partition coefficient (Wildman–Crippen LogP) is 3.71. The van der Waals surface area contributed by atoms with Crippen molar-refractivity contribution >= 4 is 17.8 Å². The monoisotopic (exact) mass is 594 g/mol. The number of rotatable bonds is 6. The molecule has 0 bridgehead atoms. The van der Waals surface area contributed by atoms with E-state index in [9.17, 15) is 14.7 Å². The van der Waals surface area contributed by atoms with Crippen molar-refractivity contribution in [2.24, 2.45) is 0 Å². The summed E-state index contributed by atoms with van der Waals surface area (Å²) >= 11 is 0. The molecule has 11 nitrogen and oxygen atoms in total. The highest BCUT2D eigenvalue weighted by Crippen LogP contribution is 2.27. The molecule has 5 rings (SSSR count). The summed E-state index contributed by atoms with van der Waals surface area (Å²) in [5.41, 5.74) is 2.39. The van der Waals surface area contributed by atoms with Crippen molar-refractivity contribution in [1.29, 1.82) is 0 Å². The van der Waals surface area contributed by atoms with Crippen molar-refractivity contribution in [1.82, 2.24) is 24.7 Å². The minimum absolute atomic E-state index is 0.00594. The minimum atomic E-state index is -0.649. The van der Waals surface area contributed by atoms with Crippen LogP contribution in [0.2, 0.25) is 0 Å². The molecule has 3 aliphatic rings. The van der Waals surface area contributed by atoms with Crippen LogP contribution in [0.1, 0.15) is 75.5 Å². The van der Waals surface area contributed by atoms with Crippen molar-refractivity contribution < 1.29 is 24.2 Å². The molecule has 2 saturated heterocycles. The number of anilines is 1. The zero-order chi connectivity index (χ0) is 30.7. The molecule has 0 spiro atoms. The Hall–Kier alpha value is -3.44. The van der Waals surface area contributed by atoms with Crippen LogP contribution in [0.25, 0.3) is 0 Å². The number of ether oxygens (including phenoxy) is 2. The largest absolute Gasteiger partial charge is 0.461 e. The van der Waals surface area contributed by atoms with Crippen molar-refractivity contribution in [3.8, 4) is 6.01 Å². The molecule has 2 N–H and O–H groups in total. The Labute approximate surface area is 254 Å². The fraction of sp³-hybridized carbons (Fsp3) is 0.625. The van der Waals surface area contributed by atoms with Gasteiger partial charge in [-0.2, -0.15) is 9.97 Å². The number of carbonyl (C=O) groups excluding carboxylic acids is 2. The smallest absolute Gasteiger partial charge is 0.410 e. The van der Waals surface area contributed by atoms with E-state index in [0.29, 0.717) is 44.7 Å². The fourth-order valence-corrected chi connectivity index (χ4v) is 6.11. The van der Waals surface area contributed by atoms with E-state index in [4.69, 9.17) is 9.47 Å². The van der Waals surface area contributed by atoms with Crippen LogP contribution in [0.3, 0.4) is 0 Å². The van der Waals surface area contributed by atoms with Crippen LogP contribution in [-0.2, 0) is 17.7 Å². The molecule has 1 aromatic heterocycles. The van der Waals surface area contributed by atoms with E-state index in [-0.39, 0.29) is 48.4 Å². The molecular weight excluding hydrogens is 548 g/mol. The van der Waals surface area contributed by atoms with E-state index < -0.39 is 11.7 Å². The van der Waals surface area contributed by atoms with Crippen molar-refractivity contribution in [3.05, 3.63) is 47.2 Å². The number of hydrogen-bond acceptors (Lipinski definition) is 9. The Balaban J connectivity index is 1.22. The maximum atomic E-state index is 13.7. The summed E-state index contributed by atoms with van der Waals surface area (Å²) in [6.45, 7) is 13.0. The number of likely N-dealkylation sites (tertiary alicyclic amines) is 2. The Morgan fingerprint density at radius 3 is 2.37 bits per heavy atom. The number of piperidine rings is 2. The van der Waals surface area contributed by atoms with E-state index in [0.717, 1.165) is 19.5 Å². The van der Waals surface area contributed by atoms with Gasteiger partial charge in [-0.15, -0.1) is 0 Å². The van der Waals surface area contributed by atoms with Gasteiger partial charge in [0.15, 0.2) is 0 Å². The fourth-order valence-electron chi connectivity index (χ4n) is 6.11. The molecule has 234 valence electrons. The van der Waals surface area contributed by atoms with Gasteiger partial charge in [0, 0.05) is 57.4 Å². The molecule has 43 heavy (non-hydrogen) atoms. The van der Waals surface area contributed by atoms with E-state index in [1.807, 2.05) is 34.6 Å². The first-order valence-corrected chi connectivity index (χ1v) is 15.5. The number of amides is 2. The molecule has 0 unspecified atom stereocenters. The highest BCUT2D eigenvalue weighted by atomic mass is 16.6. The number of aromatic nitrogens is 2. The third kappa shape index (κ3) is 7.94. The first kappa shape index (κ1) is 31.0. The Bertz CT molecular complexity index is 1290. The van der Waals surface area contributed by atoms with Crippen LogP contribution in [0, 0.1) is 0 Å². The number of nitrogens with zero attached hydrogens (tertiary/aromatic N) is 5. The number of benzene rings is 1. The average Bonchev–Trinajstić information content (AvgIpc) is 2.95. The lowest BCUT2D eigenvalue weighted by atomic mass is 9.94. The second-order valence-corrected chi connectivity index (χ2v) is 13.1. The Morgan fingerprint density at radius 1 is 1.00 bits per heavy atom. The summed E-state index contributed by atoms with van der Waals surface area (Å²) in [5.74, 6) is 0.257. The molecule has 11 heteroatoms. The number of aliphatic hydroxyl groups is 1. The van der Waals surface area contributed by atoms with Gasteiger partial charge in [0.2, 0.25) is 0 Å². The van der Waals surface area contributed by atoms with E-state index >= 15 is 0 Å². The Morgan fingerprint density at radius 2 is 1.70 bits per heavy atom. The summed E-state index contributed by atoms with van der Waals surface area (Å²) in [6, 6.07) is 10.4. The highest BCUT2D eigenvalue weighted by molar-refractivity contribution is 5.93. The normalized spacial score (nSPS) is 21.8. The molecule has 0 saturated carbocycles. The second-order valence-electron chi connectivity index (χ2n) is 13.1. The summed E-state index contributed by atoms with van der Waals surface area (Å²) in [4.78, 5) is 40.9. The lowest BCUT2D eigenvalue weighted by molar-refractivity contribution is -0.0139. The van der Waals surface area contributed by atoms with Crippen LogP contribution in [0.15, 0.2) is 30.3 Å². The predicted molar refractivity (Wildman–Crippen MR) is 163 cm³/mol. The molecule has 2 atom stereocenters. The number of β-amino-alcohol motifs (C(OH)–C–C–N with tert-alkyl or cyclic N) is 1. The standard InChI is InChI=1S/C32H46N6O5/c1-21(2)42-30-34-25(18-28(35-30)33-24-11-15-36(16-12-24)31(41)43-32(3,4)5)29(40)38-17-13-26(27(39)20-38)37-14-10-22-8-6-7-9-23(22)19-37/h6-9,18,21,24,26-27,39H,10-17,19-20H2,1-5H3,(H,33,34,35)/t26-,27-/m1/s1. The second kappa shape index (κ2) is 13.1. The van der Waals surface area contributed by atoms with E-state index in [2.05, 4.69) is 44.5 Å². The van der Waals surface area contributed by atoms with Gasteiger partial charge in [0.25, 0.3) is 5.91 Å². The molecule has 3 aliphatic heterocycles. The van der Waals surface area contributed by atoms with Crippen LogP contribution in [0.5, 0.6) is 6.01 Å². The van der Waals surface area contributed by atoms with E-state index in [1.165, 1.54) is 11.1 Å². The highest BCUT2D eigenvalue weighted by Gasteiger charge is 2.36. The molecule has 2 amide bonds. The lowest BCUT2D eigenvalue weighted by Gasteiger charge is -2.43. The van der Waals surface area contributed by atoms with Crippen LogP contribution in [-0.4, -0.2) is 104 Å². The van der Waals surface area contributed by atoms with Crippen molar-refractivity contribution in [2.45, 2.75) is 96.7 Å². The molecule has 0 radical (unpaired) electrons. The Kier molecular flexibility index (Phi) is 9.41. The maximum absolute atomic E-state index is 13.7. The van der Waals surface area contributed by atoms with E-state index in [1.54, 1.807) is 15.9 Å². The number of carbonyl (C=O) groups is 2. The zero-order valence-corrected chi connectivity index (χ0v) is 26.1. The minimum Gasteiger partial charge on any atom is -0.461 e. The van der Waals surface area contributed by atoms with Crippen LogP contribution < -0.4 is 10.1 Å². The molecular formula is C32H46N6O5. The molecule has 2 fully saturated rings. The molecule has 0 aliphatic carbocycles. The average molecular weight is 595 g/mol. The SMILES string of the molecule is CC(C)Oc1nc(NC2CCN(C(=O)OC(C)(C)C)CC2)cc(C(=O)N2CC[C@@H](N3CCc4ccccc4C3)[C@H](O)C2)n1. The maximum Gasteiger partial charge on any atom is 0.410 e. The number of aliphatic hydroxyl groups excluding tert-OH is 1. The van der Waals surface area contributed by atoms with Crippen molar-refractivity contribution in [3.63, 3.8) is 0 Å². The summed E-state index contributed by atoms with van der Waals surface area (Å²) in [6.07, 6.45) is 1.98. The van der Waals surface area contributed by atoms with Gasteiger partial charge < -0.3 is 29.7 Å². The van der Waals surface area contributed by atoms with Gasteiger partial charge in [0.1, 0.15) is 17.1 Å². The first-order valence-electron chi connectivity index (χ1n) is 15.5. The lowest BCUT2D eigenvalue weighted by Crippen LogP contribution is -2.56. The number of fused-ring (bicyclic) bond motifs is 1. The van der Waals surface area contributed by atoms with Gasteiger partial charge in [-0.25, -0.2) is 4.79 Å². The molecule has 1 aromatic carbocycles. The van der Waals surface area contributed by atoms with Gasteiger partial charge in [-0.1, -0.05) is 24.3 Å². The van der Waals surface area contributed by atoms with Gasteiger partial charge in [0.05, 0.1) is 12.2 Å². The summed E-state index contributed by atoms with van der Waals surface area (Å²) in [7, 11) is 0. The summed E-state index contributed by atoms with van der Waals surface area (Å²) in [5, 5.41) is 14.6. The number of hydrogen-bond donors (Lipinski definition) is 2. The van der Waals surface area contributed by atoms with Crippen LogP contribution in [0.4, 0.5) is 10.6 Å². The summed E-state index contributed by atoms with van der Waals surface area (Å²) < 4.78 is 11.3. The zero-order valence-electron chi connectivity index (χ0n) is 26.1. The van der Waals surface area contributed by atoms with Gasteiger partial charge in [-0.3, -0.25) is 9.69 Å². The third-order valence-corrected chi connectivity index (χ3v) is 8.23. The quantitative estimate of drug-likeness (QED) is 0.516.